The Morgan fingerprint density at radius 3 is 2.68 bits per heavy atom. The molecule has 0 spiro atoms. The van der Waals surface area contributed by atoms with Crippen molar-refractivity contribution in [1.29, 1.82) is 0 Å². The molecule has 2 fully saturated rings. The van der Waals surface area contributed by atoms with Crippen LogP contribution >= 0.6 is 12.4 Å². The van der Waals surface area contributed by atoms with Crippen molar-refractivity contribution < 1.29 is 9.59 Å². The van der Waals surface area contributed by atoms with E-state index in [0.717, 1.165) is 37.2 Å². The SMILES string of the molecule is CCNCc1ccccc1NC(=O)C1CC(=O)N(C2CCCC2)C1.Cl. The van der Waals surface area contributed by atoms with E-state index in [2.05, 4.69) is 17.6 Å². The highest BCUT2D eigenvalue weighted by Crippen LogP contribution is 2.30. The van der Waals surface area contributed by atoms with Gasteiger partial charge in [-0.3, -0.25) is 9.59 Å². The van der Waals surface area contributed by atoms with Crippen LogP contribution in [-0.4, -0.2) is 35.8 Å². The molecule has 2 amide bonds. The maximum Gasteiger partial charge on any atom is 0.229 e. The second kappa shape index (κ2) is 9.20. The zero-order valence-electron chi connectivity index (χ0n) is 14.8. The number of carbonyl (C=O) groups excluding carboxylic acids is 2. The van der Waals surface area contributed by atoms with Gasteiger partial charge in [0, 0.05) is 31.2 Å². The molecule has 1 atom stereocenters. The Kier molecular flexibility index (Phi) is 7.26. The number of anilines is 1. The van der Waals surface area contributed by atoms with E-state index in [0.29, 0.717) is 19.0 Å². The number of benzene rings is 1. The van der Waals surface area contributed by atoms with Gasteiger partial charge in [-0.05, 0) is 31.0 Å². The molecule has 1 aromatic carbocycles. The lowest BCUT2D eigenvalue weighted by Gasteiger charge is -2.24. The first-order valence-electron chi connectivity index (χ1n) is 9.08. The summed E-state index contributed by atoms with van der Waals surface area (Å²) in [5, 5.41) is 6.32. The summed E-state index contributed by atoms with van der Waals surface area (Å²) >= 11 is 0. The first kappa shape index (κ1) is 19.7. The van der Waals surface area contributed by atoms with E-state index in [4.69, 9.17) is 0 Å². The van der Waals surface area contributed by atoms with Crippen molar-refractivity contribution in [3.63, 3.8) is 0 Å². The van der Waals surface area contributed by atoms with Gasteiger partial charge in [0.2, 0.25) is 11.8 Å². The molecule has 138 valence electrons. The smallest absolute Gasteiger partial charge is 0.229 e. The Bertz CT molecular complexity index is 602. The molecule has 1 aliphatic heterocycles. The fourth-order valence-electron chi connectivity index (χ4n) is 3.77. The van der Waals surface area contributed by atoms with Crippen LogP contribution in [0, 0.1) is 5.92 Å². The van der Waals surface area contributed by atoms with E-state index in [-0.39, 0.29) is 30.1 Å². The molecule has 1 unspecified atom stereocenters. The molecule has 2 aliphatic rings. The summed E-state index contributed by atoms with van der Waals surface area (Å²) in [6, 6.07) is 8.20. The molecule has 1 aliphatic carbocycles. The molecule has 25 heavy (non-hydrogen) atoms. The minimum Gasteiger partial charge on any atom is -0.339 e. The first-order valence-corrected chi connectivity index (χ1v) is 9.08. The number of amides is 2. The van der Waals surface area contributed by atoms with E-state index < -0.39 is 0 Å². The molecule has 1 saturated carbocycles. The van der Waals surface area contributed by atoms with Crippen LogP contribution < -0.4 is 10.6 Å². The second-order valence-corrected chi connectivity index (χ2v) is 6.81. The highest BCUT2D eigenvalue weighted by Gasteiger charge is 2.38. The number of hydrogen-bond donors (Lipinski definition) is 2. The van der Waals surface area contributed by atoms with Crippen LogP contribution in [0.15, 0.2) is 24.3 Å². The van der Waals surface area contributed by atoms with Crippen LogP contribution in [0.4, 0.5) is 5.69 Å². The molecule has 1 aromatic rings. The Morgan fingerprint density at radius 2 is 1.96 bits per heavy atom. The van der Waals surface area contributed by atoms with E-state index in [9.17, 15) is 9.59 Å². The largest absolute Gasteiger partial charge is 0.339 e. The van der Waals surface area contributed by atoms with Crippen LogP contribution in [0.1, 0.15) is 44.6 Å². The van der Waals surface area contributed by atoms with Gasteiger partial charge in [-0.1, -0.05) is 38.0 Å². The summed E-state index contributed by atoms with van der Waals surface area (Å²) < 4.78 is 0. The minimum absolute atomic E-state index is 0. The van der Waals surface area contributed by atoms with Crippen molar-refractivity contribution in [2.45, 2.75) is 51.6 Å². The maximum absolute atomic E-state index is 12.6. The lowest BCUT2D eigenvalue weighted by atomic mass is 10.1. The number of likely N-dealkylation sites (tertiary alicyclic amines) is 1. The number of hydrogen-bond acceptors (Lipinski definition) is 3. The summed E-state index contributed by atoms with van der Waals surface area (Å²) in [6.45, 7) is 4.24. The van der Waals surface area contributed by atoms with Gasteiger partial charge in [-0.2, -0.15) is 0 Å². The van der Waals surface area contributed by atoms with Crippen molar-refractivity contribution in [2.24, 2.45) is 5.92 Å². The van der Waals surface area contributed by atoms with Gasteiger partial charge in [-0.15, -0.1) is 12.4 Å². The number of carbonyl (C=O) groups is 2. The van der Waals surface area contributed by atoms with Crippen LogP contribution in [0.5, 0.6) is 0 Å². The Balaban J connectivity index is 0.00000225. The van der Waals surface area contributed by atoms with Crippen molar-refractivity contribution in [2.75, 3.05) is 18.4 Å². The fraction of sp³-hybridized carbons (Fsp3) is 0.579. The molecule has 1 saturated heterocycles. The average Bonchev–Trinajstić information content (AvgIpc) is 3.23. The van der Waals surface area contributed by atoms with E-state index in [1.165, 1.54) is 12.8 Å². The molecule has 5 nitrogen and oxygen atoms in total. The van der Waals surface area contributed by atoms with Crippen molar-refractivity contribution >= 4 is 29.9 Å². The van der Waals surface area contributed by atoms with Crippen molar-refractivity contribution in [3.8, 4) is 0 Å². The van der Waals surface area contributed by atoms with E-state index in [1.807, 2.05) is 29.2 Å². The van der Waals surface area contributed by atoms with Gasteiger partial charge in [0.1, 0.15) is 0 Å². The zero-order valence-corrected chi connectivity index (χ0v) is 15.6. The van der Waals surface area contributed by atoms with Crippen molar-refractivity contribution in [3.05, 3.63) is 29.8 Å². The molecular weight excluding hydrogens is 338 g/mol. The van der Waals surface area contributed by atoms with Crippen LogP contribution in [0.3, 0.4) is 0 Å². The number of para-hydroxylation sites is 1. The summed E-state index contributed by atoms with van der Waals surface area (Å²) in [7, 11) is 0. The number of halogens is 1. The second-order valence-electron chi connectivity index (χ2n) is 6.81. The maximum atomic E-state index is 12.6. The van der Waals surface area contributed by atoms with Crippen molar-refractivity contribution in [1.82, 2.24) is 10.2 Å². The molecule has 1 heterocycles. The molecular formula is C19H28ClN3O2. The standard InChI is InChI=1S/C19H27N3O2.ClH/c1-2-20-12-14-7-3-6-10-17(14)21-19(24)15-11-18(23)22(13-15)16-8-4-5-9-16;/h3,6-7,10,15-16,20H,2,4-5,8-9,11-13H2,1H3,(H,21,24);1H. The topological polar surface area (TPSA) is 61.4 Å². The Morgan fingerprint density at radius 1 is 1.24 bits per heavy atom. The number of rotatable bonds is 6. The van der Waals surface area contributed by atoms with E-state index in [1.54, 1.807) is 0 Å². The number of nitrogens with one attached hydrogen (secondary N) is 2. The summed E-state index contributed by atoms with van der Waals surface area (Å²) in [4.78, 5) is 26.9. The van der Waals surface area contributed by atoms with Crippen LogP contribution in [-0.2, 0) is 16.1 Å². The van der Waals surface area contributed by atoms with Gasteiger partial charge in [-0.25, -0.2) is 0 Å². The first-order chi connectivity index (χ1) is 11.7. The average molecular weight is 366 g/mol. The van der Waals surface area contributed by atoms with Crippen LogP contribution in [0.25, 0.3) is 0 Å². The zero-order chi connectivity index (χ0) is 16.9. The predicted molar refractivity (Wildman–Crippen MR) is 102 cm³/mol. The third-order valence-electron chi connectivity index (χ3n) is 5.14. The summed E-state index contributed by atoms with van der Waals surface area (Å²) in [5.41, 5.74) is 1.92. The monoisotopic (exact) mass is 365 g/mol. The molecule has 2 N–H and O–H groups in total. The van der Waals surface area contributed by atoms with Gasteiger partial charge >= 0.3 is 0 Å². The summed E-state index contributed by atoms with van der Waals surface area (Å²) in [6.07, 6.45) is 4.92. The van der Waals surface area contributed by atoms with Gasteiger partial charge < -0.3 is 15.5 Å². The third kappa shape index (κ3) is 4.73. The predicted octanol–water partition coefficient (Wildman–Crippen LogP) is 2.95. The molecule has 6 heteroatoms. The number of nitrogens with zero attached hydrogens (tertiary/aromatic N) is 1. The summed E-state index contributed by atoms with van der Waals surface area (Å²) in [5.74, 6) is -0.124. The van der Waals surface area contributed by atoms with E-state index >= 15 is 0 Å². The molecule has 0 radical (unpaired) electrons. The lowest BCUT2D eigenvalue weighted by Crippen LogP contribution is -2.35. The van der Waals surface area contributed by atoms with Gasteiger partial charge in [0.15, 0.2) is 0 Å². The molecule has 0 bridgehead atoms. The third-order valence-corrected chi connectivity index (χ3v) is 5.14. The van der Waals surface area contributed by atoms with Gasteiger partial charge in [0.25, 0.3) is 0 Å². The Hall–Kier alpha value is -1.59. The highest BCUT2D eigenvalue weighted by atomic mass is 35.5. The molecule has 3 rings (SSSR count). The van der Waals surface area contributed by atoms with Gasteiger partial charge in [0.05, 0.1) is 5.92 Å². The fourth-order valence-corrected chi connectivity index (χ4v) is 3.77. The lowest BCUT2D eigenvalue weighted by molar-refractivity contribution is -0.129. The normalized spacial score (nSPS) is 20.6. The Labute approximate surface area is 155 Å². The minimum atomic E-state index is -0.231. The highest BCUT2D eigenvalue weighted by molar-refractivity contribution is 5.97. The quantitative estimate of drug-likeness (QED) is 0.814. The van der Waals surface area contributed by atoms with Crippen LogP contribution in [0.2, 0.25) is 0 Å². The molecule has 0 aromatic heterocycles.